The third-order valence-corrected chi connectivity index (χ3v) is 7.99. The number of benzene rings is 2. The molecule has 0 spiro atoms. The fourth-order valence-corrected chi connectivity index (χ4v) is 5.55. The Kier molecular flexibility index (Phi) is 9.09. The number of anilines is 2. The van der Waals surface area contributed by atoms with Crippen molar-refractivity contribution in [3.8, 4) is 11.5 Å². The molecule has 0 aromatic heterocycles. The van der Waals surface area contributed by atoms with Crippen molar-refractivity contribution in [3.05, 3.63) is 47.8 Å². The number of hydrogen-bond acceptors (Lipinski definition) is 6. The van der Waals surface area contributed by atoms with Crippen LogP contribution in [0, 0.1) is 5.82 Å². The van der Waals surface area contributed by atoms with Crippen molar-refractivity contribution in [1.82, 2.24) is 9.80 Å². The minimum absolute atomic E-state index is 0.121. The van der Waals surface area contributed by atoms with Crippen molar-refractivity contribution < 1.29 is 23.4 Å². The standard InChI is InChI=1S/C30H41FN4O4/c1-3-4-5-18-39-28-19-24(10-11-27(28)37-2)35-13-7-12-34(30(35)36)20-23-8-6-9-26(29(23)31)33-16-14-32(15-17-33)25-21-38-22-25/h6,8-11,19,25H,3-5,7,12-18,20-22H2,1-2H3. The van der Waals surface area contributed by atoms with Gasteiger partial charge in [-0.2, -0.15) is 0 Å². The molecule has 0 unspecified atom stereocenters. The number of carbonyl (C=O) groups is 1. The third-order valence-electron chi connectivity index (χ3n) is 7.99. The Balaban J connectivity index is 1.25. The van der Waals surface area contributed by atoms with Crippen molar-refractivity contribution in [3.63, 3.8) is 0 Å². The number of ether oxygens (including phenoxy) is 3. The van der Waals surface area contributed by atoms with E-state index < -0.39 is 0 Å². The van der Waals surface area contributed by atoms with Crippen LogP contribution in [-0.2, 0) is 11.3 Å². The van der Waals surface area contributed by atoms with Gasteiger partial charge in [0.2, 0.25) is 0 Å². The van der Waals surface area contributed by atoms with Gasteiger partial charge >= 0.3 is 6.03 Å². The molecule has 212 valence electrons. The molecule has 8 nitrogen and oxygen atoms in total. The van der Waals surface area contributed by atoms with E-state index in [0.717, 1.165) is 70.8 Å². The zero-order valence-electron chi connectivity index (χ0n) is 23.2. The van der Waals surface area contributed by atoms with Crippen molar-refractivity contribution >= 4 is 17.4 Å². The smallest absolute Gasteiger partial charge is 0.324 e. The molecule has 0 N–H and O–H groups in total. The highest BCUT2D eigenvalue weighted by molar-refractivity contribution is 5.93. The van der Waals surface area contributed by atoms with E-state index in [9.17, 15) is 4.79 Å². The first kappa shape index (κ1) is 27.5. The van der Waals surface area contributed by atoms with Crippen molar-refractivity contribution in [2.24, 2.45) is 0 Å². The fourth-order valence-electron chi connectivity index (χ4n) is 5.55. The summed E-state index contributed by atoms with van der Waals surface area (Å²) in [6.07, 6.45) is 4.00. The number of unbranched alkanes of at least 4 members (excludes halogenated alkanes) is 2. The second-order valence-electron chi connectivity index (χ2n) is 10.6. The van der Waals surface area contributed by atoms with Gasteiger partial charge in [-0.15, -0.1) is 0 Å². The number of hydrogen-bond donors (Lipinski definition) is 0. The number of nitrogens with zero attached hydrogens (tertiary/aromatic N) is 4. The Morgan fingerprint density at radius 2 is 1.82 bits per heavy atom. The average molecular weight is 541 g/mol. The predicted octanol–water partition coefficient (Wildman–Crippen LogP) is 4.76. The van der Waals surface area contributed by atoms with Gasteiger partial charge in [-0.1, -0.05) is 31.9 Å². The molecule has 3 aliphatic heterocycles. The maximum absolute atomic E-state index is 15.7. The number of halogens is 1. The van der Waals surface area contributed by atoms with Gasteiger partial charge in [0.1, 0.15) is 0 Å². The second kappa shape index (κ2) is 12.9. The SMILES string of the molecule is CCCCCOc1cc(N2CCCN(Cc3cccc(N4CCN(C5COC5)CC4)c3F)C2=O)ccc1OC. The van der Waals surface area contributed by atoms with E-state index in [1.54, 1.807) is 23.0 Å². The lowest BCUT2D eigenvalue weighted by molar-refractivity contribution is -0.0660. The van der Waals surface area contributed by atoms with Gasteiger partial charge < -0.3 is 24.0 Å². The van der Waals surface area contributed by atoms with E-state index >= 15 is 4.39 Å². The van der Waals surface area contributed by atoms with E-state index in [4.69, 9.17) is 14.2 Å². The van der Waals surface area contributed by atoms with Crippen LogP contribution in [0.1, 0.15) is 38.2 Å². The maximum atomic E-state index is 15.7. The highest BCUT2D eigenvalue weighted by atomic mass is 19.1. The van der Waals surface area contributed by atoms with Gasteiger partial charge in [-0.25, -0.2) is 9.18 Å². The van der Waals surface area contributed by atoms with Gasteiger partial charge in [0, 0.05) is 56.6 Å². The van der Waals surface area contributed by atoms with Crippen LogP contribution >= 0.6 is 0 Å². The summed E-state index contributed by atoms with van der Waals surface area (Å²) in [5.41, 5.74) is 1.94. The molecule has 0 aliphatic carbocycles. The monoisotopic (exact) mass is 540 g/mol. The summed E-state index contributed by atoms with van der Waals surface area (Å²) in [5, 5.41) is 0. The van der Waals surface area contributed by atoms with E-state index in [1.807, 2.05) is 30.3 Å². The minimum Gasteiger partial charge on any atom is -0.493 e. The molecule has 0 saturated carbocycles. The first-order valence-electron chi connectivity index (χ1n) is 14.3. The van der Waals surface area contributed by atoms with Gasteiger partial charge in [-0.05, 0) is 31.0 Å². The number of methoxy groups -OCH3 is 1. The molecule has 3 saturated heterocycles. The van der Waals surface area contributed by atoms with Crippen LogP contribution < -0.4 is 19.3 Å². The largest absolute Gasteiger partial charge is 0.493 e. The molecule has 0 bridgehead atoms. The van der Waals surface area contributed by atoms with E-state index in [0.29, 0.717) is 48.5 Å². The summed E-state index contributed by atoms with van der Waals surface area (Å²) in [4.78, 5) is 21.6. The normalized spacial score (nSPS) is 18.8. The van der Waals surface area contributed by atoms with Crippen molar-refractivity contribution in [2.45, 2.75) is 45.2 Å². The summed E-state index contributed by atoms with van der Waals surface area (Å²) in [6.45, 7) is 9.19. The number of piperazine rings is 1. The first-order valence-corrected chi connectivity index (χ1v) is 14.3. The van der Waals surface area contributed by atoms with E-state index in [1.165, 1.54) is 0 Å². The lowest BCUT2D eigenvalue weighted by Gasteiger charge is -2.43. The van der Waals surface area contributed by atoms with Gasteiger partial charge in [0.05, 0.1) is 45.2 Å². The molecule has 0 radical (unpaired) electrons. The van der Waals surface area contributed by atoms with Crippen LogP contribution in [0.2, 0.25) is 0 Å². The van der Waals surface area contributed by atoms with Crippen LogP contribution in [0.4, 0.5) is 20.6 Å². The van der Waals surface area contributed by atoms with Crippen LogP contribution in [0.5, 0.6) is 11.5 Å². The highest BCUT2D eigenvalue weighted by Crippen LogP contribution is 2.34. The Bertz CT molecular complexity index is 1120. The second-order valence-corrected chi connectivity index (χ2v) is 10.6. The molecule has 3 heterocycles. The van der Waals surface area contributed by atoms with Gasteiger partial charge in [-0.3, -0.25) is 9.80 Å². The number of carbonyl (C=O) groups excluding carboxylic acids is 1. The molecule has 3 fully saturated rings. The van der Waals surface area contributed by atoms with Crippen LogP contribution in [0.25, 0.3) is 0 Å². The fraction of sp³-hybridized carbons (Fsp3) is 0.567. The van der Waals surface area contributed by atoms with E-state index in [2.05, 4.69) is 16.7 Å². The van der Waals surface area contributed by atoms with Crippen molar-refractivity contribution in [1.29, 1.82) is 0 Å². The summed E-state index contributed by atoms with van der Waals surface area (Å²) in [7, 11) is 1.62. The summed E-state index contributed by atoms with van der Waals surface area (Å²) in [5.74, 6) is 1.06. The number of urea groups is 1. The Morgan fingerprint density at radius 3 is 2.54 bits per heavy atom. The Labute approximate surface area is 231 Å². The molecule has 2 aromatic rings. The third kappa shape index (κ3) is 6.25. The molecule has 9 heteroatoms. The first-order chi connectivity index (χ1) is 19.1. The Hall–Kier alpha value is -3.04. The molecule has 3 aliphatic rings. The van der Waals surface area contributed by atoms with Crippen LogP contribution in [0.15, 0.2) is 36.4 Å². The Morgan fingerprint density at radius 1 is 1.00 bits per heavy atom. The maximum Gasteiger partial charge on any atom is 0.324 e. The van der Waals surface area contributed by atoms with Gasteiger partial charge in [0.25, 0.3) is 0 Å². The minimum atomic E-state index is -0.227. The van der Waals surface area contributed by atoms with E-state index in [-0.39, 0.29) is 18.4 Å². The zero-order valence-corrected chi connectivity index (χ0v) is 23.2. The molecule has 2 amide bonds. The van der Waals surface area contributed by atoms with Crippen molar-refractivity contribution in [2.75, 3.05) is 76.0 Å². The highest BCUT2D eigenvalue weighted by Gasteiger charge is 2.31. The quantitative estimate of drug-likeness (QED) is 0.383. The topological polar surface area (TPSA) is 57.7 Å². The summed E-state index contributed by atoms with van der Waals surface area (Å²) in [6, 6.07) is 11.5. The summed E-state index contributed by atoms with van der Waals surface area (Å²) >= 11 is 0. The zero-order chi connectivity index (χ0) is 27.2. The average Bonchev–Trinajstić information content (AvgIpc) is 2.93. The molecular weight excluding hydrogens is 499 g/mol. The molecular formula is C30H41FN4O4. The number of amides is 2. The molecule has 2 aromatic carbocycles. The van der Waals surface area contributed by atoms with Crippen LogP contribution in [-0.4, -0.2) is 88.1 Å². The summed E-state index contributed by atoms with van der Waals surface area (Å²) < 4.78 is 32.5. The molecule has 5 rings (SSSR count). The van der Waals surface area contributed by atoms with Gasteiger partial charge in [0.15, 0.2) is 17.3 Å². The molecule has 39 heavy (non-hydrogen) atoms. The lowest BCUT2D eigenvalue weighted by atomic mass is 10.1. The number of rotatable bonds is 11. The lowest BCUT2D eigenvalue weighted by Crippen LogP contribution is -2.56. The van der Waals surface area contributed by atoms with Crippen LogP contribution in [0.3, 0.4) is 0 Å². The molecule has 0 atom stereocenters. The predicted molar refractivity (Wildman–Crippen MR) is 151 cm³/mol.